The first kappa shape index (κ1) is 16.6. The number of halogens is 2. The molecule has 0 saturated carbocycles. The number of hydrogen-bond donors (Lipinski definition) is 1. The van der Waals surface area contributed by atoms with Crippen molar-refractivity contribution in [3.8, 4) is 0 Å². The summed E-state index contributed by atoms with van der Waals surface area (Å²) >= 11 is 15.2. The van der Waals surface area contributed by atoms with Crippen LogP contribution in [0.5, 0.6) is 0 Å². The van der Waals surface area contributed by atoms with Crippen molar-refractivity contribution in [2.75, 3.05) is 36.4 Å². The lowest BCUT2D eigenvalue weighted by Gasteiger charge is -2.37. The Morgan fingerprint density at radius 2 is 1.74 bits per heavy atom. The molecular formula is C17H17BrClN3S. The van der Waals surface area contributed by atoms with Crippen LogP contribution in [0.3, 0.4) is 0 Å². The molecule has 3 rings (SSSR count). The third-order valence-electron chi connectivity index (χ3n) is 3.86. The Hall–Kier alpha value is -1.30. The van der Waals surface area contributed by atoms with Crippen LogP contribution in [-0.2, 0) is 0 Å². The molecule has 23 heavy (non-hydrogen) atoms. The fraction of sp³-hybridized carbons (Fsp3) is 0.235. The average Bonchev–Trinajstić information content (AvgIpc) is 2.58. The van der Waals surface area contributed by atoms with Crippen molar-refractivity contribution >= 4 is 56.2 Å². The van der Waals surface area contributed by atoms with Crippen molar-refractivity contribution in [3.63, 3.8) is 0 Å². The molecule has 0 spiro atoms. The van der Waals surface area contributed by atoms with Gasteiger partial charge in [-0.3, -0.25) is 0 Å². The number of piperazine rings is 1. The maximum absolute atomic E-state index is 6.24. The van der Waals surface area contributed by atoms with Crippen LogP contribution in [0.1, 0.15) is 0 Å². The Balaban J connectivity index is 1.58. The third kappa shape index (κ3) is 4.16. The van der Waals surface area contributed by atoms with Crippen LogP contribution in [0.15, 0.2) is 53.0 Å². The molecule has 1 saturated heterocycles. The van der Waals surface area contributed by atoms with Gasteiger partial charge in [-0.2, -0.15) is 0 Å². The van der Waals surface area contributed by atoms with E-state index in [-0.39, 0.29) is 0 Å². The normalized spacial score (nSPS) is 14.7. The molecule has 0 atom stereocenters. The van der Waals surface area contributed by atoms with E-state index < -0.39 is 0 Å². The number of nitrogens with one attached hydrogen (secondary N) is 1. The maximum atomic E-state index is 6.24. The van der Waals surface area contributed by atoms with Crippen LogP contribution in [0, 0.1) is 0 Å². The van der Waals surface area contributed by atoms with Gasteiger partial charge in [-0.05, 0) is 42.5 Å². The van der Waals surface area contributed by atoms with E-state index in [1.807, 2.05) is 24.3 Å². The molecule has 3 nitrogen and oxygen atoms in total. The number of para-hydroxylation sites is 1. The number of nitrogens with zero attached hydrogens (tertiary/aromatic N) is 2. The summed E-state index contributed by atoms with van der Waals surface area (Å²) < 4.78 is 0.954. The predicted molar refractivity (Wildman–Crippen MR) is 106 cm³/mol. The van der Waals surface area contributed by atoms with E-state index >= 15 is 0 Å². The largest absolute Gasteiger partial charge is 0.368 e. The molecule has 120 valence electrons. The first-order valence-corrected chi connectivity index (χ1v) is 9.02. The number of anilines is 2. The summed E-state index contributed by atoms with van der Waals surface area (Å²) in [5, 5.41) is 4.63. The summed E-state index contributed by atoms with van der Waals surface area (Å²) in [7, 11) is 0. The van der Waals surface area contributed by atoms with E-state index in [9.17, 15) is 0 Å². The lowest BCUT2D eigenvalue weighted by Crippen LogP contribution is -2.50. The van der Waals surface area contributed by atoms with Crippen molar-refractivity contribution in [3.05, 3.63) is 58.0 Å². The Morgan fingerprint density at radius 1 is 1.04 bits per heavy atom. The van der Waals surface area contributed by atoms with Crippen molar-refractivity contribution in [2.24, 2.45) is 0 Å². The molecule has 1 fully saturated rings. The van der Waals surface area contributed by atoms with Gasteiger partial charge in [-0.25, -0.2) is 0 Å². The van der Waals surface area contributed by atoms with Gasteiger partial charge in [0.2, 0.25) is 0 Å². The predicted octanol–water partition coefficient (Wildman–Crippen LogP) is 4.62. The minimum atomic E-state index is 0.657. The third-order valence-corrected chi connectivity index (χ3v) is 5.03. The fourth-order valence-electron chi connectivity index (χ4n) is 2.59. The average molecular weight is 411 g/mol. The van der Waals surface area contributed by atoms with Gasteiger partial charge in [0, 0.05) is 36.3 Å². The quantitative estimate of drug-likeness (QED) is 0.728. The van der Waals surface area contributed by atoms with Gasteiger partial charge < -0.3 is 15.1 Å². The smallest absolute Gasteiger partial charge is 0.173 e. The van der Waals surface area contributed by atoms with E-state index in [0.717, 1.165) is 41.5 Å². The molecule has 2 aromatic rings. The Kier molecular flexibility index (Phi) is 5.41. The van der Waals surface area contributed by atoms with Crippen LogP contribution < -0.4 is 10.2 Å². The topological polar surface area (TPSA) is 18.5 Å². The van der Waals surface area contributed by atoms with Crippen LogP contribution in [0.25, 0.3) is 0 Å². The van der Waals surface area contributed by atoms with Gasteiger partial charge >= 0.3 is 0 Å². The molecule has 1 heterocycles. The summed E-state index contributed by atoms with van der Waals surface area (Å²) in [4.78, 5) is 4.57. The van der Waals surface area contributed by atoms with Gasteiger partial charge in [0.25, 0.3) is 0 Å². The van der Waals surface area contributed by atoms with Crippen molar-refractivity contribution in [2.45, 2.75) is 0 Å². The van der Waals surface area contributed by atoms with Crippen molar-refractivity contribution in [1.29, 1.82) is 0 Å². The lowest BCUT2D eigenvalue weighted by molar-refractivity contribution is 0.391. The highest BCUT2D eigenvalue weighted by molar-refractivity contribution is 9.10. The van der Waals surface area contributed by atoms with E-state index in [4.69, 9.17) is 23.8 Å². The minimum absolute atomic E-state index is 0.657. The lowest BCUT2D eigenvalue weighted by atomic mass is 10.2. The molecule has 0 unspecified atom stereocenters. The molecule has 0 amide bonds. The second-order valence-electron chi connectivity index (χ2n) is 5.36. The Bertz CT molecular complexity index is 687. The summed E-state index contributed by atoms with van der Waals surface area (Å²) in [5.41, 5.74) is 2.10. The van der Waals surface area contributed by atoms with Gasteiger partial charge in [0.15, 0.2) is 5.11 Å². The summed E-state index contributed by atoms with van der Waals surface area (Å²) in [6.07, 6.45) is 0. The molecule has 1 N–H and O–H groups in total. The van der Waals surface area contributed by atoms with Crippen LogP contribution in [0.2, 0.25) is 5.02 Å². The number of benzene rings is 2. The standard InChI is InChI=1S/C17H17BrClN3S/c18-13-6-7-16(15(19)12-13)20-17(23)22-10-8-21(9-11-22)14-4-2-1-3-5-14/h1-7,12H,8-11H2,(H,20,23). The highest BCUT2D eigenvalue weighted by atomic mass is 79.9. The molecule has 0 aliphatic carbocycles. The van der Waals surface area contributed by atoms with E-state index in [2.05, 4.69) is 55.3 Å². The summed E-state index contributed by atoms with van der Waals surface area (Å²) in [6, 6.07) is 16.2. The first-order chi connectivity index (χ1) is 11.1. The van der Waals surface area contributed by atoms with Crippen LogP contribution >= 0.6 is 39.7 Å². The molecule has 0 bridgehead atoms. The molecule has 2 aromatic carbocycles. The molecule has 1 aliphatic rings. The number of thiocarbonyl (C=S) groups is 1. The van der Waals surface area contributed by atoms with E-state index in [1.54, 1.807) is 0 Å². The molecule has 6 heteroatoms. The maximum Gasteiger partial charge on any atom is 0.173 e. The van der Waals surface area contributed by atoms with Gasteiger partial charge in [-0.15, -0.1) is 0 Å². The van der Waals surface area contributed by atoms with E-state index in [0.29, 0.717) is 5.02 Å². The van der Waals surface area contributed by atoms with Crippen molar-refractivity contribution < 1.29 is 0 Å². The highest BCUT2D eigenvalue weighted by Crippen LogP contribution is 2.26. The highest BCUT2D eigenvalue weighted by Gasteiger charge is 2.19. The number of rotatable bonds is 2. The Labute approximate surface area is 155 Å². The van der Waals surface area contributed by atoms with Crippen LogP contribution in [0.4, 0.5) is 11.4 Å². The van der Waals surface area contributed by atoms with Gasteiger partial charge in [0.05, 0.1) is 10.7 Å². The monoisotopic (exact) mass is 409 g/mol. The van der Waals surface area contributed by atoms with E-state index in [1.165, 1.54) is 5.69 Å². The zero-order valence-electron chi connectivity index (χ0n) is 12.5. The molecule has 1 aliphatic heterocycles. The fourth-order valence-corrected chi connectivity index (χ4v) is 3.60. The second-order valence-corrected chi connectivity index (χ2v) is 7.07. The van der Waals surface area contributed by atoms with Crippen molar-refractivity contribution in [1.82, 2.24) is 4.90 Å². The Morgan fingerprint density at radius 3 is 2.39 bits per heavy atom. The minimum Gasteiger partial charge on any atom is -0.368 e. The summed E-state index contributed by atoms with van der Waals surface area (Å²) in [5.74, 6) is 0. The molecule has 0 radical (unpaired) electrons. The SMILES string of the molecule is S=C(Nc1ccc(Br)cc1Cl)N1CCN(c2ccccc2)CC1. The molecular weight excluding hydrogens is 394 g/mol. The second kappa shape index (κ2) is 7.51. The van der Waals surface area contributed by atoms with Gasteiger partial charge in [-0.1, -0.05) is 45.7 Å². The zero-order valence-corrected chi connectivity index (χ0v) is 15.7. The molecule has 0 aromatic heterocycles. The number of hydrogen-bond acceptors (Lipinski definition) is 2. The van der Waals surface area contributed by atoms with Gasteiger partial charge in [0.1, 0.15) is 0 Å². The zero-order chi connectivity index (χ0) is 16.2. The first-order valence-electron chi connectivity index (χ1n) is 7.44. The van der Waals surface area contributed by atoms with Crippen LogP contribution in [-0.4, -0.2) is 36.2 Å². The summed E-state index contributed by atoms with van der Waals surface area (Å²) in [6.45, 7) is 3.71.